The van der Waals surface area contributed by atoms with Crippen LogP contribution in [0.25, 0.3) is 5.76 Å². The van der Waals surface area contributed by atoms with Gasteiger partial charge in [0.05, 0.1) is 22.3 Å². The highest BCUT2D eigenvalue weighted by Crippen LogP contribution is 2.60. The second-order valence-corrected chi connectivity index (χ2v) is 7.46. The quantitative estimate of drug-likeness (QED) is 0.856. The predicted molar refractivity (Wildman–Crippen MR) is 90.0 cm³/mol. The molecule has 126 valence electrons. The summed E-state index contributed by atoms with van der Waals surface area (Å²) in [5.74, 6) is 1.24. The third kappa shape index (κ3) is 2.22. The lowest BCUT2D eigenvalue weighted by atomic mass is 9.52. The summed E-state index contributed by atoms with van der Waals surface area (Å²) in [7, 11) is -0.811. The first kappa shape index (κ1) is 12.4. The van der Waals surface area contributed by atoms with E-state index < -0.39 is 7.04 Å². The van der Waals surface area contributed by atoms with Crippen LogP contribution in [0.2, 0.25) is 0 Å². The Balaban J connectivity index is 1.82. The van der Waals surface area contributed by atoms with E-state index in [1.54, 1.807) is 13.2 Å². The molecule has 4 aliphatic rings. The van der Waals surface area contributed by atoms with Crippen molar-refractivity contribution in [2.24, 2.45) is 17.8 Å². The van der Waals surface area contributed by atoms with Crippen molar-refractivity contribution in [1.82, 2.24) is 0 Å². The summed E-state index contributed by atoms with van der Waals surface area (Å²) in [6.45, 7) is 0. The van der Waals surface area contributed by atoms with Crippen LogP contribution in [0.3, 0.4) is 0 Å². The molecule has 1 aromatic rings. The molecular formula is C20H23NO3. The summed E-state index contributed by atoms with van der Waals surface area (Å²) in [4.78, 5) is 0. The number of ether oxygens (including phenoxy) is 2. The minimum Gasteiger partial charge on any atom is -0.507 e. The topological polar surface area (TPSA) is 62.5 Å². The van der Waals surface area contributed by atoms with Crippen LogP contribution >= 0.6 is 0 Å². The molecule has 5 rings (SSSR count). The Hall–Kier alpha value is -1.99. The number of benzene rings is 1. The number of phenolic OH excluding ortho intramolecular Hbond substituents is 1. The van der Waals surface area contributed by atoms with Crippen molar-refractivity contribution in [3.63, 3.8) is 0 Å². The predicted octanol–water partition coefficient (Wildman–Crippen LogP) is 3.85. The summed E-state index contributed by atoms with van der Waals surface area (Å²) in [6, 6.07) is 6.51. The molecule has 4 bridgehead atoms. The van der Waals surface area contributed by atoms with Gasteiger partial charge in [0, 0.05) is 12.7 Å². The fourth-order valence-electron chi connectivity index (χ4n) is 5.39. The lowest BCUT2D eigenvalue weighted by molar-refractivity contribution is -0.125. The fraction of sp³-hybridized carbons (Fsp3) is 0.550. The van der Waals surface area contributed by atoms with Crippen molar-refractivity contribution in [3.8, 4) is 11.8 Å². The summed E-state index contributed by atoms with van der Waals surface area (Å²) < 4.78 is 34.3. The molecule has 4 aliphatic carbocycles. The number of nitrogens with zero attached hydrogens (tertiary/aromatic N) is 1. The smallest absolute Gasteiger partial charge is 0.134 e. The van der Waals surface area contributed by atoms with Crippen LogP contribution in [0.4, 0.5) is 0 Å². The van der Waals surface area contributed by atoms with Crippen LogP contribution in [0, 0.1) is 29.1 Å². The lowest BCUT2D eigenvalue weighted by Gasteiger charge is -2.57. The fourth-order valence-corrected chi connectivity index (χ4v) is 5.39. The molecule has 1 aromatic carbocycles. The third-order valence-corrected chi connectivity index (χ3v) is 6.19. The van der Waals surface area contributed by atoms with E-state index in [2.05, 4.69) is 0 Å². The summed E-state index contributed by atoms with van der Waals surface area (Å²) in [5.41, 5.74) is 1.61. The number of methoxy groups -OCH3 is 2. The van der Waals surface area contributed by atoms with Gasteiger partial charge in [-0.25, -0.2) is 0 Å². The molecule has 2 atom stereocenters. The molecule has 4 fully saturated rings. The number of hydrogen-bond acceptors (Lipinski definition) is 4. The zero-order valence-electron chi connectivity index (χ0n) is 16.7. The second-order valence-electron chi connectivity index (χ2n) is 7.46. The SMILES string of the molecule is [2H]C([2H])([2H])OC(=C1C2CC3CC1CC(OC)(C3)C2)c1ccc(C#N)c(O)c1. The van der Waals surface area contributed by atoms with E-state index in [9.17, 15) is 5.11 Å². The molecule has 4 saturated carbocycles. The lowest BCUT2D eigenvalue weighted by Crippen LogP contribution is -2.52. The van der Waals surface area contributed by atoms with Crippen molar-refractivity contribution in [2.45, 2.75) is 37.7 Å². The summed E-state index contributed by atoms with van der Waals surface area (Å²) in [6.07, 6.45) is 4.88. The van der Waals surface area contributed by atoms with E-state index in [-0.39, 0.29) is 28.7 Å². The Morgan fingerprint density at radius 1 is 1.33 bits per heavy atom. The van der Waals surface area contributed by atoms with Crippen LogP contribution in [-0.2, 0) is 9.47 Å². The maximum absolute atomic E-state index is 10.1. The monoisotopic (exact) mass is 328 g/mol. The standard InChI is InChI=1S/C20H23NO3/c1-23-19(13-3-4-14(11-21)17(22)7-13)18-15-5-12-6-16(18)10-20(8-12,9-15)24-2/h3-4,7,12,15-16,22H,5-6,8-10H2,1-2H3/i1D3. The van der Waals surface area contributed by atoms with Gasteiger partial charge in [0.1, 0.15) is 17.6 Å². The van der Waals surface area contributed by atoms with Gasteiger partial charge in [0.15, 0.2) is 0 Å². The molecule has 0 aliphatic heterocycles. The van der Waals surface area contributed by atoms with Crippen LogP contribution in [0.15, 0.2) is 23.8 Å². The van der Waals surface area contributed by atoms with Crippen molar-refractivity contribution < 1.29 is 18.7 Å². The Labute approximate surface area is 146 Å². The first-order valence-electron chi connectivity index (χ1n) is 9.95. The van der Waals surface area contributed by atoms with E-state index in [4.69, 9.17) is 18.8 Å². The normalized spacial score (nSPS) is 35.8. The average Bonchev–Trinajstić information content (AvgIpc) is 2.59. The average molecular weight is 328 g/mol. The zero-order valence-corrected chi connectivity index (χ0v) is 13.7. The molecule has 0 saturated heterocycles. The number of phenols is 1. The largest absolute Gasteiger partial charge is 0.507 e. The highest BCUT2D eigenvalue weighted by molar-refractivity contribution is 5.67. The van der Waals surface area contributed by atoms with Gasteiger partial charge in [-0.3, -0.25) is 0 Å². The van der Waals surface area contributed by atoms with E-state index in [0.717, 1.165) is 37.7 Å². The van der Waals surface area contributed by atoms with E-state index in [1.807, 2.05) is 6.07 Å². The minimum absolute atomic E-state index is 0.0993. The Morgan fingerprint density at radius 2 is 2.08 bits per heavy atom. The number of aromatic hydroxyl groups is 1. The second kappa shape index (κ2) is 5.53. The van der Waals surface area contributed by atoms with Gasteiger partial charge in [-0.1, -0.05) is 0 Å². The van der Waals surface area contributed by atoms with E-state index in [1.165, 1.54) is 12.1 Å². The highest BCUT2D eigenvalue weighted by atomic mass is 16.5. The Kier molecular flexibility index (Phi) is 2.85. The molecule has 1 N–H and O–H groups in total. The van der Waals surface area contributed by atoms with E-state index >= 15 is 0 Å². The number of allylic oxidation sites excluding steroid dienone is 1. The summed E-state index contributed by atoms with van der Waals surface area (Å²) >= 11 is 0. The first-order chi connectivity index (χ1) is 12.7. The molecule has 4 heteroatoms. The van der Waals surface area contributed by atoms with Gasteiger partial charge < -0.3 is 14.6 Å². The van der Waals surface area contributed by atoms with Crippen LogP contribution < -0.4 is 0 Å². The van der Waals surface area contributed by atoms with Gasteiger partial charge in [-0.05, 0) is 73.6 Å². The van der Waals surface area contributed by atoms with Gasteiger partial charge in [-0.2, -0.15) is 5.26 Å². The van der Waals surface area contributed by atoms with Crippen LogP contribution in [0.5, 0.6) is 5.75 Å². The molecule has 0 spiro atoms. The van der Waals surface area contributed by atoms with Gasteiger partial charge in [0.25, 0.3) is 0 Å². The van der Waals surface area contributed by atoms with Crippen LogP contribution in [-0.4, -0.2) is 24.9 Å². The molecule has 4 nitrogen and oxygen atoms in total. The van der Waals surface area contributed by atoms with Gasteiger partial charge >= 0.3 is 0 Å². The molecule has 2 unspecified atom stereocenters. The maximum atomic E-state index is 10.1. The van der Waals surface area contributed by atoms with Crippen LogP contribution in [0.1, 0.15) is 47.3 Å². The number of nitriles is 1. The van der Waals surface area contributed by atoms with E-state index in [0.29, 0.717) is 17.2 Å². The van der Waals surface area contributed by atoms with Crippen molar-refractivity contribution >= 4 is 5.76 Å². The molecule has 0 aromatic heterocycles. The molecule has 24 heavy (non-hydrogen) atoms. The third-order valence-electron chi connectivity index (χ3n) is 6.19. The van der Waals surface area contributed by atoms with Crippen molar-refractivity contribution in [2.75, 3.05) is 14.1 Å². The van der Waals surface area contributed by atoms with Crippen molar-refractivity contribution in [1.29, 1.82) is 5.26 Å². The molecular weight excluding hydrogens is 302 g/mol. The zero-order chi connectivity index (χ0) is 19.4. The van der Waals surface area contributed by atoms with Gasteiger partial charge in [-0.15, -0.1) is 0 Å². The Bertz CT molecular complexity index is 822. The Morgan fingerprint density at radius 3 is 2.67 bits per heavy atom. The number of hydrogen-bond donors (Lipinski definition) is 1. The highest BCUT2D eigenvalue weighted by Gasteiger charge is 2.54. The number of rotatable bonds is 3. The molecule has 0 radical (unpaired) electrons. The molecule has 0 heterocycles. The maximum Gasteiger partial charge on any atom is 0.134 e. The first-order valence-corrected chi connectivity index (χ1v) is 8.45. The minimum atomic E-state index is -2.58. The van der Waals surface area contributed by atoms with Gasteiger partial charge in [0.2, 0.25) is 0 Å². The summed E-state index contributed by atoms with van der Waals surface area (Å²) in [5, 5.41) is 19.2. The van der Waals surface area contributed by atoms with Crippen molar-refractivity contribution in [3.05, 3.63) is 34.9 Å². The molecule has 0 amide bonds.